The number of ether oxygens (including phenoxy) is 2. The van der Waals surface area contributed by atoms with Gasteiger partial charge in [0.05, 0.1) is 18.4 Å². The Morgan fingerprint density at radius 1 is 0.971 bits per heavy atom. The van der Waals surface area contributed by atoms with Gasteiger partial charge in [-0.2, -0.15) is 0 Å². The van der Waals surface area contributed by atoms with E-state index in [-0.39, 0.29) is 11.6 Å². The molecule has 0 fully saturated rings. The Kier molecular flexibility index (Phi) is 5.49. The molecule has 0 amide bonds. The minimum absolute atomic E-state index is 0.103. The number of hydrogen-bond acceptors (Lipinski definition) is 5. The maximum atomic E-state index is 13.4. The number of carbonyl (C=O) groups excluding carboxylic acids is 2. The molecule has 1 atom stereocenters. The number of methoxy groups -OCH3 is 1. The van der Waals surface area contributed by atoms with E-state index in [1.165, 1.54) is 19.2 Å². The average Bonchev–Trinajstić information content (AvgIpc) is 3.14. The van der Waals surface area contributed by atoms with E-state index in [4.69, 9.17) is 9.47 Å². The lowest BCUT2D eigenvalue weighted by Gasteiger charge is -2.29. The number of ketones is 1. The number of nitrogens with one attached hydrogen (secondary N) is 1. The molecule has 1 heterocycles. The van der Waals surface area contributed by atoms with Gasteiger partial charge in [0.25, 0.3) is 0 Å². The minimum Gasteiger partial charge on any atom is -0.489 e. The van der Waals surface area contributed by atoms with Crippen molar-refractivity contribution in [3.8, 4) is 5.75 Å². The number of Topliss-reactive ketones (excluding diaryl/α,β-unsaturated/α-hetero) is 1. The smallest absolute Gasteiger partial charge is 0.336 e. The zero-order valence-corrected chi connectivity index (χ0v) is 18.7. The third kappa shape index (κ3) is 3.67. The molecule has 3 aromatic carbocycles. The normalized spacial score (nSPS) is 16.7. The van der Waals surface area contributed by atoms with Crippen LogP contribution in [0.1, 0.15) is 39.9 Å². The summed E-state index contributed by atoms with van der Waals surface area (Å²) in [6.07, 6.45) is 0. The monoisotopic (exact) mass is 455 g/mol. The molecule has 170 valence electrons. The summed E-state index contributed by atoms with van der Waals surface area (Å²) in [5, 5.41) is 3.27. The van der Waals surface area contributed by atoms with Crippen molar-refractivity contribution in [3.05, 3.63) is 118 Å². The van der Waals surface area contributed by atoms with E-state index >= 15 is 0 Å². The Balaban J connectivity index is 1.49. The van der Waals surface area contributed by atoms with E-state index in [0.717, 1.165) is 22.4 Å². The molecule has 1 aliphatic heterocycles. The Morgan fingerprint density at radius 3 is 2.32 bits per heavy atom. The molecule has 3 aromatic rings. The average molecular weight is 455 g/mol. The molecular weight excluding hydrogens is 433 g/mol. The van der Waals surface area contributed by atoms with Gasteiger partial charge >= 0.3 is 5.97 Å². The third-order valence-electron chi connectivity index (χ3n) is 6.19. The van der Waals surface area contributed by atoms with Crippen LogP contribution in [0.2, 0.25) is 0 Å². The summed E-state index contributed by atoms with van der Waals surface area (Å²) in [7, 11) is 1.33. The highest BCUT2D eigenvalue weighted by atomic mass is 19.1. The number of dihydropyridines is 1. The molecule has 34 heavy (non-hydrogen) atoms. The first kappa shape index (κ1) is 21.6. The summed E-state index contributed by atoms with van der Waals surface area (Å²) in [5.74, 6) is -0.833. The van der Waals surface area contributed by atoms with E-state index in [2.05, 4.69) is 5.32 Å². The molecule has 5 rings (SSSR count). The topological polar surface area (TPSA) is 64.6 Å². The molecule has 0 aromatic heterocycles. The lowest BCUT2D eigenvalue weighted by molar-refractivity contribution is -0.136. The minimum atomic E-state index is -0.574. The van der Waals surface area contributed by atoms with Crippen LogP contribution in [0.25, 0.3) is 5.70 Å². The van der Waals surface area contributed by atoms with Crippen molar-refractivity contribution in [2.24, 2.45) is 0 Å². The van der Waals surface area contributed by atoms with Crippen LogP contribution in [0.15, 0.2) is 89.6 Å². The molecular formula is C28H22FNO4. The Bertz CT molecular complexity index is 1350. The molecule has 5 nitrogen and oxygen atoms in total. The summed E-state index contributed by atoms with van der Waals surface area (Å²) < 4.78 is 24.0. The molecule has 0 bridgehead atoms. The lowest BCUT2D eigenvalue weighted by Crippen LogP contribution is -2.29. The van der Waals surface area contributed by atoms with Crippen molar-refractivity contribution in [3.63, 3.8) is 0 Å². The largest absolute Gasteiger partial charge is 0.489 e. The molecule has 0 unspecified atom stereocenters. The molecule has 1 aliphatic carbocycles. The highest BCUT2D eigenvalue weighted by Gasteiger charge is 2.42. The van der Waals surface area contributed by atoms with E-state index in [9.17, 15) is 14.0 Å². The van der Waals surface area contributed by atoms with Crippen molar-refractivity contribution in [1.29, 1.82) is 0 Å². The first-order valence-electron chi connectivity index (χ1n) is 10.9. The van der Waals surface area contributed by atoms with Crippen molar-refractivity contribution in [2.45, 2.75) is 19.4 Å². The van der Waals surface area contributed by atoms with Crippen LogP contribution in [0, 0.1) is 5.82 Å². The molecule has 0 saturated carbocycles. The van der Waals surface area contributed by atoms with E-state index in [0.29, 0.717) is 34.8 Å². The molecule has 6 heteroatoms. The van der Waals surface area contributed by atoms with Gasteiger partial charge in [-0.05, 0) is 42.3 Å². The van der Waals surface area contributed by atoms with Crippen molar-refractivity contribution in [1.82, 2.24) is 5.32 Å². The Hall–Kier alpha value is -4.19. The summed E-state index contributed by atoms with van der Waals surface area (Å²) in [5.41, 5.74) is 5.39. The predicted molar refractivity (Wildman–Crippen MR) is 125 cm³/mol. The first-order chi connectivity index (χ1) is 16.5. The second-order valence-electron chi connectivity index (χ2n) is 8.24. The summed E-state index contributed by atoms with van der Waals surface area (Å²) in [4.78, 5) is 26.2. The van der Waals surface area contributed by atoms with Gasteiger partial charge in [0.2, 0.25) is 0 Å². The van der Waals surface area contributed by atoms with Gasteiger partial charge < -0.3 is 14.8 Å². The van der Waals surface area contributed by atoms with Gasteiger partial charge in [0.15, 0.2) is 5.78 Å². The summed E-state index contributed by atoms with van der Waals surface area (Å²) in [6, 6.07) is 20.9. The molecule has 0 radical (unpaired) electrons. The zero-order chi connectivity index (χ0) is 23.8. The van der Waals surface area contributed by atoms with Gasteiger partial charge in [-0.3, -0.25) is 4.79 Å². The highest BCUT2D eigenvalue weighted by molar-refractivity contribution is 6.23. The quantitative estimate of drug-likeness (QED) is 0.540. The van der Waals surface area contributed by atoms with Crippen LogP contribution in [0.5, 0.6) is 5.75 Å². The number of halogens is 1. The zero-order valence-electron chi connectivity index (χ0n) is 18.7. The number of carbonyl (C=O) groups is 2. The fourth-order valence-corrected chi connectivity index (χ4v) is 4.55. The Morgan fingerprint density at radius 2 is 1.65 bits per heavy atom. The number of benzene rings is 3. The second-order valence-corrected chi connectivity index (χ2v) is 8.24. The fourth-order valence-electron chi connectivity index (χ4n) is 4.55. The van der Waals surface area contributed by atoms with Crippen molar-refractivity contribution < 1.29 is 23.5 Å². The van der Waals surface area contributed by atoms with Crippen molar-refractivity contribution in [2.75, 3.05) is 7.11 Å². The third-order valence-corrected chi connectivity index (χ3v) is 6.19. The van der Waals surface area contributed by atoms with Crippen molar-refractivity contribution >= 4 is 17.4 Å². The van der Waals surface area contributed by atoms with Gasteiger partial charge in [-0.15, -0.1) is 0 Å². The standard InChI is InChI=1S/C28H22FNO4/c1-16-23(28(32)33-2)24(25-26(30-16)21-5-3-4-6-22(21)27(25)31)18-9-13-20(14-10-18)34-15-17-7-11-19(29)12-8-17/h3-14,24,30H,15H2,1-2H3/t24-/m1/s1. The number of fused-ring (bicyclic) bond motifs is 2. The van der Waals surface area contributed by atoms with Gasteiger partial charge in [-0.1, -0.05) is 48.5 Å². The van der Waals surface area contributed by atoms with E-state index in [1.807, 2.05) is 37.3 Å². The van der Waals surface area contributed by atoms with Crippen LogP contribution in [-0.4, -0.2) is 18.9 Å². The van der Waals surface area contributed by atoms with Crippen LogP contribution in [0.3, 0.4) is 0 Å². The SMILES string of the molecule is COC(=O)C1=C(C)NC2=C(C(=O)c3ccccc32)[C@@H]1c1ccc(OCc2ccc(F)cc2)cc1. The molecule has 0 saturated heterocycles. The van der Waals surface area contributed by atoms with Crippen LogP contribution >= 0.6 is 0 Å². The lowest BCUT2D eigenvalue weighted by atomic mass is 9.80. The van der Waals surface area contributed by atoms with E-state index in [1.54, 1.807) is 30.3 Å². The fraction of sp³-hybridized carbons (Fsp3) is 0.143. The summed E-state index contributed by atoms with van der Waals surface area (Å²) in [6.45, 7) is 2.11. The van der Waals surface area contributed by atoms with E-state index < -0.39 is 11.9 Å². The number of esters is 1. The predicted octanol–water partition coefficient (Wildman–Crippen LogP) is 5.15. The number of hydrogen-bond donors (Lipinski definition) is 1. The highest BCUT2D eigenvalue weighted by Crippen LogP contribution is 2.46. The number of allylic oxidation sites excluding steroid dienone is 2. The second kappa shape index (κ2) is 8.63. The van der Waals surface area contributed by atoms with Crippen LogP contribution < -0.4 is 10.1 Å². The maximum Gasteiger partial charge on any atom is 0.336 e. The van der Waals surface area contributed by atoms with Gasteiger partial charge in [-0.25, -0.2) is 9.18 Å². The van der Waals surface area contributed by atoms with Gasteiger partial charge in [0, 0.05) is 28.3 Å². The summed E-state index contributed by atoms with van der Waals surface area (Å²) >= 11 is 0. The van der Waals surface area contributed by atoms with Gasteiger partial charge in [0.1, 0.15) is 18.2 Å². The first-order valence-corrected chi connectivity index (χ1v) is 10.9. The van der Waals surface area contributed by atoms with Crippen LogP contribution in [-0.2, 0) is 16.1 Å². The maximum absolute atomic E-state index is 13.4. The van der Waals surface area contributed by atoms with Crippen LogP contribution in [0.4, 0.5) is 4.39 Å². The molecule has 1 N–H and O–H groups in total. The molecule has 0 spiro atoms. The molecule has 2 aliphatic rings. The number of rotatable bonds is 5. The Labute approximate surface area is 196 Å².